The number of ether oxygens (including phenoxy) is 2. The van der Waals surface area contributed by atoms with Gasteiger partial charge in [-0.05, 0) is 24.6 Å². The Labute approximate surface area is 144 Å². The number of urea groups is 1. The van der Waals surface area contributed by atoms with Gasteiger partial charge >= 0.3 is 6.03 Å². The maximum atomic E-state index is 12.0. The summed E-state index contributed by atoms with van der Waals surface area (Å²) in [6.45, 7) is 3.39. The summed E-state index contributed by atoms with van der Waals surface area (Å²) in [6, 6.07) is 5.05. The third kappa shape index (κ3) is 3.73. The van der Waals surface area contributed by atoms with Crippen molar-refractivity contribution in [3.8, 4) is 11.5 Å². The number of rotatable bonds is 3. The number of carbonyl (C=O) groups excluding carboxylic acids is 1. The highest BCUT2D eigenvalue weighted by atomic mass is 35.5. The van der Waals surface area contributed by atoms with Gasteiger partial charge in [-0.2, -0.15) is 5.10 Å². The molecule has 8 heteroatoms. The van der Waals surface area contributed by atoms with Crippen molar-refractivity contribution in [1.29, 1.82) is 0 Å². The van der Waals surface area contributed by atoms with Gasteiger partial charge in [0.1, 0.15) is 0 Å². The van der Waals surface area contributed by atoms with Gasteiger partial charge in [-0.3, -0.25) is 10.00 Å². The molecule has 2 amide bonds. The topological polar surface area (TPSA) is 77.4 Å². The zero-order chi connectivity index (χ0) is 17.1. The van der Waals surface area contributed by atoms with Gasteiger partial charge in [0.25, 0.3) is 0 Å². The van der Waals surface area contributed by atoms with Crippen molar-refractivity contribution in [3.63, 3.8) is 0 Å². The maximum Gasteiger partial charge on any atom is 0.320 e. The van der Waals surface area contributed by atoms with E-state index < -0.39 is 0 Å². The number of fused-ring (bicyclic) bond motifs is 1. The SMILES string of the molecule is Cc1cc(NC(=O)NCc2cc(Cl)c3c(c2)OCCCO3)nn1C. The molecule has 0 saturated carbocycles. The minimum Gasteiger partial charge on any atom is -0.489 e. The fourth-order valence-corrected chi connectivity index (χ4v) is 2.64. The van der Waals surface area contributed by atoms with Gasteiger partial charge in [-0.1, -0.05) is 11.6 Å². The maximum absolute atomic E-state index is 12.0. The van der Waals surface area contributed by atoms with E-state index in [0.717, 1.165) is 17.7 Å². The summed E-state index contributed by atoms with van der Waals surface area (Å²) < 4.78 is 12.9. The summed E-state index contributed by atoms with van der Waals surface area (Å²) in [6.07, 6.45) is 0.810. The zero-order valence-corrected chi connectivity index (χ0v) is 14.3. The van der Waals surface area contributed by atoms with Crippen LogP contribution in [0.15, 0.2) is 18.2 Å². The fourth-order valence-electron chi connectivity index (χ4n) is 2.35. The molecule has 128 valence electrons. The van der Waals surface area contributed by atoms with Gasteiger partial charge in [0.15, 0.2) is 17.3 Å². The Bertz CT molecular complexity index is 741. The van der Waals surface area contributed by atoms with Crippen LogP contribution in [-0.2, 0) is 13.6 Å². The first-order valence-electron chi connectivity index (χ1n) is 7.66. The molecule has 2 N–H and O–H groups in total. The Balaban J connectivity index is 1.63. The number of benzene rings is 1. The summed E-state index contributed by atoms with van der Waals surface area (Å²) in [5.74, 6) is 1.67. The molecule has 1 aliphatic rings. The molecule has 2 heterocycles. The molecule has 0 fully saturated rings. The number of carbonyl (C=O) groups is 1. The van der Waals surface area contributed by atoms with Crippen LogP contribution in [0.2, 0.25) is 5.02 Å². The van der Waals surface area contributed by atoms with Crippen LogP contribution in [0.25, 0.3) is 0 Å². The molecular weight excluding hydrogens is 332 g/mol. The molecule has 24 heavy (non-hydrogen) atoms. The molecule has 0 atom stereocenters. The van der Waals surface area contributed by atoms with Crippen molar-refractivity contribution in [2.24, 2.45) is 7.05 Å². The molecule has 1 aromatic heterocycles. The predicted molar refractivity (Wildman–Crippen MR) is 90.9 cm³/mol. The van der Waals surface area contributed by atoms with E-state index in [1.54, 1.807) is 16.8 Å². The third-order valence-electron chi connectivity index (χ3n) is 3.67. The van der Waals surface area contributed by atoms with Crippen molar-refractivity contribution >= 4 is 23.4 Å². The Morgan fingerprint density at radius 3 is 2.88 bits per heavy atom. The van der Waals surface area contributed by atoms with E-state index in [2.05, 4.69) is 15.7 Å². The molecule has 7 nitrogen and oxygen atoms in total. The Hall–Kier alpha value is -2.41. The lowest BCUT2D eigenvalue weighted by Crippen LogP contribution is -2.28. The van der Waals surface area contributed by atoms with Crippen LogP contribution in [-0.4, -0.2) is 29.0 Å². The second-order valence-corrected chi connectivity index (χ2v) is 5.96. The van der Waals surface area contributed by atoms with Crippen molar-refractivity contribution in [2.75, 3.05) is 18.5 Å². The van der Waals surface area contributed by atoms with Crippen LogP contribution in [0.1, 0.15) is 17.7 Å². The number of hydrogen-bond acceptors (Lipinski definition) is 4. The van der Waals surface area contributed by atoms with Crippen molar-refractivity contribution in [1.82, 2.24) is 15.1 Å². The molecule has 0 saturated heterocycles. The van der Waals surface area contributed by atoms with Gasteiger partial charge in [0.05, 0.1) is 18.2 Å². The number of aryl methyl sites for hydroxylation is 2. The summed E-state index contributed by atoms with van der Waals surface area (Å²) in [5.41, 5.74) is 1.79. The highest BCUT2D eigenvalue weighted by molar-refractivity contribution is 6.32. The Kier molecular flexibility index (Phi) is 4.80. The van der Waals surface area contributed by atoms with Crippen molar-refractivity contribution < 1.29 is 14.3 Å². The van der Waals surface area contributed by atoms with E-state index in [1.807, 2.05) is 20.0 Å². The molecule has 3 rings (SSSR count). The minimum atomic E-state index is -0.337. The fraction of sp³-hybridized carbons (Fsp3) is 0.375. The lowest BCUT2D eigenvalue weighted by atomic mass is 10.2. The predicted octanol–water partition coefficient (Wildman–Crippen LogP) is 2.86. The number of anilines is 1. The van der Waals surface area contributed by atoms with Gasteiger partial charge < -0.3 is 14.8 Å². The van der Waals surface area contributed by atoms with E-state index in [1.165, 1.54) is 0 Å². The molecule has 0 radical (unpaired) electrons. The molecule has 2 aromatic rings. The van der Waals surface area contributed by atoms with Crippen LogP contribution in [0.5, 0.6) is 11.5 Å². The van der Waals surface area contributed by atoms with E-state index >= 15 is 0 Å². The van der Waals surface area contributed by atoms with E-state index in [0.29, 0.717) is 42.1 Å². The number of nitrogens with zero attached hydrogens (tertiary/aromatic N) is 2. The summed E-state index contributed by atoms with van der Waals surface area (Å²) >= 11 is 6.24. The van der Waals surface area contributed by atoms with E-state index in [-0.39, 0.29) is 6.03 Å². The molecule has 0 unspecified atom stereocenters. The quantitative estimate of drug-likeness (QED) is 0.892. The van der Waals surface area contributed by atoms with Crippen LogP contribution in [0.4, 0.5) is 10.6 Å². The van der Waals surface area contributed by atoms with Gasteiger partial charge in [0.2, 0.25) is 0 Å². The van der Waals surface area contributed by atoms with Crippen LogP contribution < -0.4 is 20.1 Å². The van der Waals surface area contributed by atoms with Gasteiger partial charge in [-0.15, -0.1) is 0 Å². The van der Waals surface area contributed by atoms with Crippen molar-refractivity contribution in [2.45, 2.75) is 19.9 Å². The minimum absolute atomic E-state index is 0.314. The highest BCUT2D eigenvalue weighted by Crippen LogP contribution is 2.37. The lowest BCUT2D eigenvalue weighted by Gasteiger charge is -2.12. The second kappa shape index (κ2) is 7.00. The first-order valence-corrected chi connectivity index (χ1v) is 8.04. The smallest absolute Gasteiger partial charge is 0.320 e. The number of amides is 2. The molecule has 0 aliphatic carbocycles. The normalized spacial score (nSPS) is 13.3. The van der Waals surface area contributed by atoms with Crippen LogP contribution in [0.3, 0.4) is 0 Å². The lowest BCUT2D eigenvalue weighted by molar-refractivity contribution is 0.251. The molecule has 1 aromatic carbocycles. The number of hydrogen-bond donors (Lipinski definition) is 2. The summed E-state index contributed by atoms with van der Waals surface area (Å²) in [4.78, 5) is 12.0. The van der Waals surface area contributed by atoms with Gasteiger partial charge in [-0.25, -0.2) is 4.79 Å². The zero-order valence-electron chi connectivity index (χ0n) is 13.6. The largest absolute Gasteiger partial charge is 0.489 e. The van der Waals surface area contributed by atoms with Crippen LogP contribution in [0, 0.1) is 6.92 Å². The molecule has 0 bridgehead atoms. The Morgan fingerprint density at radius 2 is 2.12 bits per heavy atom. The molecule has 0 spiro atoms. The second-order valence-electron chi connectivity index (χ2n) is 5.56. The number of aromatic nitrogens is 2. The molecule has 1 aliphatic heterocycles. The van der Waals surface area contributed by atoms with Gasteiger partial charge in [0, 0.05) is 31.8 Å². The van der Waals surface area contributed by atoms with E-state index in [4.69, 9.17) is 21.1 Å². The standard InChI is InChI=1S/C16H19ClN4O3/c1-10-6-14(20-21(10)2)19-16(22)18-9-11-7-12(17)15-13(8-11)23-4-3-5-24-15/h6-8H,3-5,9H2,1-2H3,(H2,18,19,20,22). The molecular formula is C16H19ClN4O3. The Morgan fingerprint density at radius 1 is 1.33 bits per heavy atom. The van der Waals surface area contributed by atoms with Crippen molar-refractivity contribution in [3.05, 3.63) is 34.5 Å². The first-order chi connectivity index (χ1) is 11.5. The van der Waals surface area contributed by atoms with E-state index in [9.17, 15) is 4.79 Å². The van der Waals surface area contributed by atoms with Crippen LogP contribution >= 0.6 is 11.6 Å². The number of halogens is 1. The monoisotopic (exact) mass is 350 g/mol. The average Bonchev–Trinajstić information content (AvgIpc) is 2.74. The summed E-state index contributed by atoms with van der Waals surface area (Å²) in [7, 11) is 1.82. The number of nitrogens with one attached hydrogen (secondary N) is 2. The first kappa shape index (κ1) is 16.4. The summed E-state index contributed by atoms with van der Waals surface area (Å²) in [5, 5.41) is 10.1. The highest BCUT2D eigenvalue weighted by Gasteiger charge is 2.16. The third-order valence-corrected chi connectivity index (χ3v) is 3.95. The average molecular weight is 351 g/mol.